The molecule has 130 valence electrons. The second kappa shape index (κ2) is 7.33. The van der Waals surface area contributed by atoms with E-state index in [1.165, 1.54) is 4.88 Å². The van der Waals surface area contributed by atoms with Crippen molar-refractivity contribution in [3.63, 3.8) is 0 Å². The van der Waals surface area contributed by atoms with E-state index in [9.17, 15) is 4.79 Å². The highest BCUT2D eigenvalue weighted by molar-refractivity contribution is 7.14. The number of thiazole rings is 1. The first-order valence-electron chi connectivity index (χ1n) is 8.39. The van der Waals surface area contributed by atoms with Crippen LogP contribution in [0.4, 0.5) is 0 Å². The first-order chi connectivity index (χ1) is 11.4. The van der Waals surface area contributed by atoms with E-state index in [-0.39, 0.29) is 11.3 Å². The van der Waals surface area contributed by atoms with Crippen molar-refractivity contribution in [2.24, 2.45) is 5.41 Å². The predicted molar refractivity (Wildman–Crippen MR) is 101 cm³/mol. The number of hydrogen-bond donors (Lipinski definition) is 0. The minimum Gasteiger partial charge on any atom is -0.340 e. The monoisotopic (exact) mass is 363 g/mol. The highest BCUT2D eigenvalue weighted by Gasteiger charge is 2.25. The van der Waals surface area contributed by atoms with E-state index in [1.54, 1.807) is 22.7 Å². The van der Waals surface area contributed by atoms with Crippen molar-refractivity contribution in [3.05, 3.63) is 27.9 Å². The van der Waals surface area contributed by atoms with Gasteiger partial charge in [-0.1, -0.05) is 26.8 Å². The Labute approximate surface area is 152 Å². The minimum absolute atomic E-state index is 0.0628. The van der Waals surface area contributed by atoms with E-state index in [0.29, 0.717) is 6.42 Å². The third-order valence-corrected chi connectivity index (χ3v) is 5.82. The molecule has 0 aliphatic carbocycles. The Hall–Kier alpha value is -1.24. The van der Waals surface area contributed by atoms with Gasteiger partial charge >= 0.3 is 0 Å². The summed E-state index contributed by atoms with van der Waals surface area (Å²) in [7, 11) is 0. The van der Waals surface area contributed by atoms with Crippen molar-refractivity contribution >= 4 is 28.6 Å². The van der Waals surface area contributed by atoms with Gasteiger partial charge in [-0.05, 0) is 16.9 Å². The summed E-state index contributed by atoms with van der Waals surface area (Å²) in [5.41, 5.74) is 1.15. The maximum absolute atomic E-state index is 12.3. The zero-order valence-electron chi connectivity index (χ0n) is 14.6. The van der Waals surface area contributed by atoms with Gasteiger partial charge in [0.25, 0.3) is 0 Å². The Morgan fingerprint density at radius 1 is 1.21 bits per heavy atom. The molecule has 0 radical (unpaired) electrons. The van der Waals surface area contributed by atoms with Crippen LogP contribution in [-0.2, 0) is 11.3 Å². The standard InChI is InChI=1S/C18H25N3OS2/c1-18(2,3)11-17(22)21-8-6-20(7-9-21)12-16-19-14(13-24-16)15-5-4-10-23-15/h4-5,10,13H,6-9,11-12H2,1-3H3. The van der Waals surface area contributed by atoms with Gasteiger partial charge in [0, 0.05) is 38.0 Å². The van der Waals surface area contributed by atoms with E-state index >= 15 is 0 Å². The quantitative estimate of drug-likeness (QED) is 0.825. The Morgan fingerprint density at radius 3 is 2.58 bits per heavy atom. The number of rotatable bonds is 4. The summed E-state index contributed by atoms with van der Waals surface area (Å²) >= 11 is 3.46. The molecule has 0 bridgehead atoms. The van der Waals surface area contributed by atoms with E-state index in [2.05, 4.69) is 48.6 Å². The van der Waals surface area contributed by atoms with Gasteiger partial charge in [0.05, 0.1) is 17.1 Å². The topological polar surface area (TPSA) is 36.4 Å². The molecule has 1 aliphatic heterocycles. The molecule has 1 fully saturated rings. The van der Waals surface area contributed by atoms with Crippen LogP contribution >= 0.6 is 22.7 Å². The number of nitrogens with zero attached hydrogens (tertiary/aromatic N) is 3. The van der Waals surface area contributed by atoms with Crippen LogP contribution in [0.3, 0.4) is 0 Å². The average Bonchev–Trinajstić information content (AvgIpc) is 3.16. The summed E-state index contributed by atoms with van der Waals surface area (Å²) in [5, 5.41) is 5.39. The second-order valence-electron chi connectivity index (χ2n) is 7.50. The van der Waals surface area contributed by atoms with Gasteiger partial charge in [0.1, 0.15) is 5.01 Å². The molecule has 3 rings (SSSR count). The van der Waals surface area contributed by atoms with Crippen molar-refractivity contribution < 1.29 is 4.79 Å². The molecule has 6 heteroatoms. The van der Waals surface area contributed by atoms with Crippen LogP contribution in [0.1, 0.15) is 32.2 Å². The largest absolute Gasteiger partial charge is 0.340 e. The molecule has 0 spiro atoms. The summed E-state index contributed by atoms with van der Waals surface area (Å²) in [6, 6.07) is 4.18. The molecule has 24 heavy (non-hydrogen) atoms. The van der Waals surface area contributed by atoms with Crippen LogP contribution in [0.15, 0.2) is 22.9 Å². The SMILES string of the molecule is CC(C)(C)CC(=O)N1CCN(Cc2nc(-c3cccs3)cs2)CC1. The van der Waals surface area contributed by atoms with E-state index in [1.807, 2.05) is 4.90 Å². The molecule has 0 N–H and O–H groups in total. The molecule has 1 aliphatic rings. The number of thiophene rings is 1. The summed E-state index contributed by atoms with van der Waals surface area (Å²) in [5.74, 6) is 0.288. The van der Waals surface area contributed by atoms with Gasteiger partial charge in [0.15, 0.2) is 0 Å². The lowest BCUT2D eigenvalue weighted by molar-refractivity contribution is -0.134. The van der Waals surface area contributed by atoms with Crippen molar-refractivity contribution in [1.82, 2.24) is 14.8 Å². The Kier molecular flexibility index (Phi) is 5.37. The summed E-state index contributed by atoms with van der Waals surface area (Å²) in [6.07, 6.45) is 0.629. The Morgan fingerprint density at radius 2 is 1.96 bits per heavy atom. The normalized spacial score (nSPS) is 16.5. The summed E-state index contributed by atoms with van der Waals surface area (Å²) in [4.78, 5) is 22.7. The van der Waals surface area contributed by atoms with Crippen molar-refractivity contribution in [2.45, 2.75) is 33.7 Å². The predicted octanol–water partition coefficient (Wildman–Crippen LogP) is 3.95. The van der Waals surface area contributed by atoms with Gasteiger partial charge in [-0.2, -0.15) is 0 Å². The number of carbonyl (C=O) groups excluding carboxylic acids is 1. The number of carbonyl (C=O) groups is 1. The Balaban J connectivity index is 1.50. The lowest BCUT2D eigenvalue weighted by atomic mass is 9.91. The first kappa shape index (κ1) is 17.6. The molecule has 0 atom stereocenters. The van der Waals surface area contributed by atoms with Gasteiger partial charge < -0.3 is 4.90 Å². The molecule has 1 saturated heterocycles. The lowest BCUT2D eigenvalue weighted by Crippen LogP contribution is -2.48. The fourth-order valence-corrected chi connectivity index (χ4v) is 4.43. The number of piperazine rings is 1. The van der Waals surface area contributed by atoms with Crippen molar-refractivity contribution in [2.75, 3.05) is 26.2 Å². The second-order valence-corrected chi connectivity index (χ2v) is 9.39. The van der Waals surface area contributed by atoms with Crippen LogP contribution in [0.2, 0.25) is 0 Å². The smallest absolute Gasteiger partial charge is 0.223 e. The highest BCUT2D eigenvalue weighted by atomic mass is 32.1. The zero-order chi connectivity index (χ0) is 17.2. The van der Waals surface area contributed by atoms with Gasteiger partial charge in [-0.25, -0.2) is 4.98 Å². The molecule has 2 aromatic heterocycles. The van der Waals surface area contributed by atoms with Gasteiger partial charge in [-0.15, -0.1) is 22.7 Å². The van der Waals surface area contributed by atoms with Crippen LogP contribution in [0, 0.1) is 5.41 Å². The number of aromatic nitrogens is 1. The Bertz CT molecular complexity index is 665. The van der Waals surface area contributed by atoms with E-state index in [0.717, 1.165) is 43.4 Å². The zero-order valence-corrected chi connectivity index (χ0v) is 16.3. The maximum Gasteiger partial charge on any atom is 0.223 e. The van der Waals surface area contributed by atoms with Gasteiger partial charge in [0.2, 0.25) is 5.91 Å². The fourth-order valence-electron chi connectivity index (χ4n) is 2.83. The average molecular weight is 364 g/mol. The van der Waals surface area contributed by atoms with Gasteiger partial charge in [-0.3, -0.25) is 9.69 Å². The molecule has 0 saturated carbocycles. The van der Waals surface area contributed by atoms with Crippen molar-refractivity contribution in [3.8, 4) is 10.6 Å². The van der Waals surface area contributed by atoms with E-state index < -0.39 is 0 Å². The summed E-state index contributed by atoms with van der Waals surface area (Å²) < 4.78 is 0. The van der Waals surface area contributed by atoms with E-state index in [4.69, 9.17) is 4.98 Å². The lowest BCUT2D eigenvalue weighted by Gasteiger charge is -2.35. The molecule has 2 aromatic rings. The molecule has 0 unspecified atom stereocenters. The first-order valence-corrected chi connectivity index (χ1v) is 10.1. The molecule has 1 amide bonds. The molecule has 3 heterocycles. The summed E-state index contributed by atoms with van der Waals surface area (Å²) in [6.45, 7) is 10.8. The maximum atomic E-state index is 12.3. The molecular formula is C18H25N3OS2. The minimum atomic E-state index is 0.0628. The third-order valence-electron chi connectivity index (χ3n) is 4.09. The van der Waals surface area contributed by atoms with Crippen LogP contribution in [0.25, 0.3) is 10.6 Å². The van der Waals surface area contributed by atoms with Crippen LogP contribution in [-0.4, -0.2) is 46.9 Å². The molecule has 4 nitrogen and oxygen atoms in total. The number of hydrogen-bond acceptors (Lipinski definition) is 5. The van der Waals surface area contributed by atoms with Crippen molar-refractivity contribution in [1.29, 1.82) is 0 Å². The molecular weight excluding hydrogens is 338 g/mol. The highest BCUT2D eigenvalue weighted by Crippen LogP contribution is 2.27. The third kappa shape index (κ3) is 4.65. The fraction of sp³-hybridized carbons (Fsp3) is 0.556. The van der Waals surface area contributed by atoms with Crippen LogP contribution < -0.4 is 0 Å². The molecule has 0 aromatic carbocycles. The number of amides is 1. The van der Waals surface area contributed by atoms with Crippen LogP contribution in [0.5, 0.6) is 0 Å².